The molecule has 0 saturated heterocycles. The monoisotopic (exact) mass is 617 g/mol. The minimum atomic E-state index is 0.631. The van der Waals surface area contributed by atoms with Crippen LogP contribution in [-0.2, 0) is 0 Å². The molecule has 0 saturated carbocycles. The highest BCUT2D eigenvalue weighted by Gasteiger charge is 2.20. The predicted octanol–water partition coefficient (Wildman–Crippen LogP) is 11.2. The summed E-state index contributed by atoms with van der Waals surface area (Å²) in [6.07, 6.45) is 0. The van der Waals surface area contributed by atoms with Crippen molar-refractivity contribution < 1.29 is 0 Å². The van der Waals surface area contributed by atoms with E-state index in [1.165, 1.54) is 4.70 Å². The Balaban J connectivity index is 1.21. The number of fused-ring (bicyclic) bond motifs is 10. The van der Waals surface area contributed by atoms with Gasteiger partial charge in [0.15, 0.2) is 10.6 Å². The lowest BCUT2D eigenvalue weighted by Gasteiger charge is -2.10. The average Bonchev–Trinajstić information content (AvgIpc) is 3.79. The summed E-state index contributed by atoms with van der Waals surface area (Å²) in [6.45, 7) is 7.63. The van der Waals surface area contributed by atoms with E-state index < -0.39 is 0 Å². The molecule has 5 nitrogen and oxygen atoms in total. The minimum absolute atomic E-state index is 0.631. The Morgan fingerprint density at radius 3 is 2.30 bits per heavy atom. The van der Waals surface area contributed by atoms with Gasteiger partial charge in [-0.05, 0) is 65.7 Å². The Morgan fingerprint density at radius 2 is 1.38 bits per heavy atom. The van der Waals surface area contributed by atoms with Crippen molar-refractivity contribution in [2.45, 2.75) is 0 Å². The normalized spacial score (nSPS) is 11.8. The number of hydrogen-bond acceptors (Lipinski definition) is 3. The molecule has 4 aromatic heterocycles. The standard InChI is InChI=1S/C41H23N5S/c1-42-28-19-20-30-32-23-26(18-21-34(32)45(36(30)24-28)29-12-3-2-4-13-29)25-10-9-11-27(22-25)38-40-39(31-14-5-6-15-33(31)43-38)44-41-46(40)35-16-7-8-17-37(35)47-41/h2-24H. The van der Waals surface area contributed by atoms with Crippen molar-refractivity contribution in [3.8, 4) is 28.1 Å². The van der Waals surface area contributed by atoms with Crippen molar-refractivity contribution in [2.75, 3.05) is 0 Å². The Hall–Kier alpha value is -6.29. The molecule has 0 fully saturated rings. The molecule has 0 N–H and O–H groups in total. The molecule has 0 unspecified atom stereocenters. The van der Waals surface area contributed by atoms with Crippen molar-refractivity contribution in [3.05, 3.63) is 151 Å². The van der Waals surface area contributed by atoms with E-state index in [0.29, 0.717) is 5.69 Å². The molecule has 0 aliphatic carbocycles. The van der Waals surface area contributed by atoms with Crippen molar-refractivity contribution in [1.82, 2.24) is 18.9 Å². The maximum Gasteiger partial charge on any atom is 0.195 e. The van der Waals surface area contributed by atoms with E-state index in [1.807, 2.05) is 24.3 Å². The first-order chi connectivity index (χ1) is 23.2. The van der Waals surface area contributed by atoms with Crippen molar-refractivity contribution >= 4 is 75.9 Å². The molecule has 0 spiro atoms. The summed E-state index contributed by atoms with van der Waals surface area (Å²) < 4.78 is 5.74. The van der Waals surface area contributed by atoms with Gasteiger partial charge in [0.1, 0.15) is 11.0 Å². The molecule has 0 radical (unpaired) electrons. The van der Waals surface area contributed by atoms with Gasteiger partial charge in [-0.2, -0.15) is 0 Å². The zero-order valence-corrected chi connectivity index (χ0v) is 25.7. The highest BCUT2D eigenvalue weighted by molar-refractivity contribution is 7.23. The fraction of sp³-hybridized carbons (Fsp3) is 0. The van der Waals surface area contributed by atoms with Crippen LogP contribution in [0, 0.1) is 6.57 Å². The fourth-order valence-corrected chi connectivity index (χ4v) is 8.06. The molecule has 47 heavy (non-hydrogen) atoms. The van der Waals surface area contributed by atoms with Gasteiger partial charge in [0.05, 0.1) is 33.5 Å². The summed E-state index contributed by atoms with van der Waals surface area (Å²) in [4.78, 5) is 15.1. The third kappa shape index (κ3) is 3.81. The number of nitrogens with zero attached hydrogens (tertiary/aromatic N) is 5. The number of rotatable bonds is 3. The van der Waals surface area contributed by atoms with Crippen LogP contribution in [0.4, 0.5) is 5.69 Å². The van der Waals surface area contributed by atoms with Gasteiger partial charge in [0, 0.05) is 32.9 Å². The lowest BCUT2D eigenvalue weighted by atomic mass is 9.99. The van der Waals surface area contributed by atoms with E-state index in [4.69, 9.17) is 16.5 Å². The second kappa shape index (κ2) is 9.85. The van der Waals surface area contributed by atoms with E-state index in [-0.39, 0.29) is 0 Å². The topological polar surface area (TPSA) is 39.5 Å². The third-order valence-corrected chi connectivity index (χ3v) is 10.2. The van der Waals surface area contributed by atoms with Crippen LogP contribution in [0.3, 0.4) is 0 Å². The zero-order chi connectivity index (χ0) is 31.1. The van der Waals surface area contributed by atoms with Crippen LogP contribution in [0.2, 0.25) is 0 Å². The molecule has 0 amide bonds. The predicted molar refractivity (Wildman–Crippen MR) is 195 cm³/mol. The maximum absolute atomic E-state index is 7.63. The van der Waals surface area contributed by atoms with Crippen LogP contribution < -0.4 is 0 Å². The molecule has 0 bridgehead atoms. The summed E-state index contributed by atoms with van der Waals surface area (Å²) in [5, 5.41) is 3.33. The SMILES string of the molecule is [C-]#[N+]c1ccc2c3cc(-c4cccc(-c5nc6ccccc6c6nc7sc8ccccc8n7c56)c4)ccc3n(-c3ccccc3)c2c1. The van der Waals surface area contributed by atoms with Gasteiger partial charge < -0.3 is 4.57 Å². The summed E-state index contributed by atoms with van der Waals surface area (Å²) in [5.74, 6) is 0. The molecular formula is C41H23N5S. The van der Waals surface area contributed by atoms with E-state index in [2.05, 4.69) is 129 Å². The molecule has 218 valence electrons. The van der Waals surface area contributed by atoms with Crippen LogP contribution in [0.1, 0.15) is 0 Å². The molecule has 0 aliphatic rings. The van der Waals surface area contributed by atoms with Gasteiger partial charge in [-0.1, -0.05) is 96.3 Å². The summed E-state index contributed by atoms with van der Waals surface area (Å²) >= 11 is 1.71. The van der Waals surface area contributed by atoms with E-state index in [0.717, 1.165) is 82.3 Å². The second-order valence-corrected chi connectivity index (χ2v) is 12.8. The highest BCUT2D eigenvalue weighted by atomic mass is 32.1. The summed E-state index contributed by atoms with van der Waals surface area (Å²) in [7, 11) is 0. The van der Waals surface area contributed by atoms with Gasteiger partial charge in [-0.15, -0.1) is 0 Å². The van der Waals surface area contributed by atoms with Crippen LogP contribution in [0.25, 0.3) is 91.8 Å². The fourth-order valence-electron chi connectivity index (χ4n) is 7.03. The molecule has 10 rings (SSSR count). The maximum atomic E-state index is 7.63. The number of benzene rings is 6. The molecule has 6 aromatic carbocycles. The molecule has 0 aliphatic heterocycles. The summed E-state index contributed by atoms with van der Waals surface area (Å²) in [5.41, 5.74) is 12.1. The Kier molecular flexibility index (Phi) is 5.45. The van der Waals surface area contributed by atoms with E-state index >= 15 is 0 Å². The molecule has 0 atom stereocenters. The quantitative estimate of drug-likeness (QED) is 0.185. The van der Waals surface area contributed by atoms with Crippen molar-refractivity contribution in [2.24, 2.45) is 0 Å². The van der Waals surface area contributed by atoms with E-state index in [9.17, 15) is 0 Å². The van der Waals surface area contributed by atoms with E-state index in [1.54, 1.807) is 11.3 Å². The Bertz CT molecular complexity index is 2920. The first-order valence-electron chi connectivity index (χ1n) is 15.5. The smallest absolute Gasteiger partial charge is 0.195 e. The van der Waals surface area contributed by atoms with Crippen LogP contribution in [-0.4, -0.2) is 18.9 Å². The number of imidazole rings is 1. The summed E-state index contributed by atoms with van der Waals surface area (Å²) in [6, 6.07) is 48.5. The first kappa shape index (κ1) is 26.0. The van der Waals surface area contributed by atoms with Gasteiger partial charge in [-0.3, -0.25) is 4.40 Å². The average molecular weight is 618 g/mol. The lowest BCUT2D eigenvalue weighted by Crippen LogP contribution is -1.93. The Morgan fingerprint density at radius 1 is 0.574 bits per heavy atom. The van der Waals surface area contributed by atoms with Crippen molar-refractivity contribution in [1.29, 1.82) is 0 Å². The molecule has 10 aromatic rings. The van der Waals surface area contributed by atoms with Gasteiger partial charge >= 0.3 is 0 Å². The first-order valence-corrected chi connectivity index (χ1v) is 16.3. The number of thiazole rings is 1. The zero-order valence-electron chi connectivity index (χ0n) is 24.9. The second-order valence-electron chi connectivity index (χ2n) is 11.8. The Labute approximate surface area is 273 Å². The van der Waals surface area contributed by atoms with Crippen LogP contribution >= 0.6 is 11.3 Å². The van der Waals surface area contributed by atoms with Crippen molar-refractivity contribution in [3.63, 3.8) is 0 Å². The molecule has 4 heterocycles. The highest BCUT2D eigenvalue weighted by Crippen LogP contribution is 2.40. The van der Waals surface area contributed by atoms with Crippen LogP contribution in [0.5, 0.6) is 0 Å². The van der Waals surface area contributed by atoms with Gasteiger partial charge in [0.2, 0.25) is 0 Å². The van der Waals surface area contributed by atoms with Crippen LogP contribution in [0.15, 0.2) is 140 Å². The largest absolute Gasteiger partial charge is 0.311 e. The number of pyridine rings is 1. The molecular weight excluding hydrogens is 595 g/mol. The lowest BCUT2D eigenvalue weighted by molar-refractivity contribution is 1.18. The minimum Gasteiger partial charge on any atom is -0.311 e. The number of aromatic nitrogens is 4. The third-order valence-electron chi connectivity index (χ3n) is 9.13. The number of para-hydroxylation sites is 3. The molecule has 6 heteroatoms. The number of hydrogen-bond donors (Lipinski definition) is 0. The van der Waals surface area contributed by atoms with Gasteiger partial charge in [-0.25, -0.2) is 14.8 Å². The van der Waals surface area contributed by atoms with Gasteiger partial charge in [0.25, 0.3) is 0 Å².